The molecule has 0 unspecified atom stereocenters. The molecule has 0 atom stereocenters. The van der Waals surface area contributed by atoms with Gasteiger partial charge in [0.25, 0.3) is 0 Å². The van der Waals surface area contributed by atoms with Crippen molar-refractivity contribution in [1.82, 2.24) is 19.5 Å². The smallest absolute Gasteiger partial charge is 0.319 e. The first kappa shape index (κ1) is 12.9. The number of nitrogens with zero attached hydrogens (tertiary/aromatic N) is 5. The van der Waals surface area contributed by atoms with Crippen LogP contribution in [0.25, 0.3) is 10.2 Å². The molecule has 0 saturated heterocycles. The number of hydrogen-bond donors (Lipinski definition) is 0. The molecule has 0 fully saturated rings. The van der Waals surface area contributed by atoms with Crippen molar-refractivity contribution in [3.63, 3.8) is 0 Å². The summed E-state index contributed by atoms with van der Waals surface area (Å²) < 4.78 is 26.4. The van der Waals surface area contributed by atoms with E-state index in [2.05, 4.69) is 15.0 Å². The largest absolute Gasteiger partial charge is 0.352 e. The third-order valence-corrected chi connectivity index (χ3v) is 3.76. The molecular weight excluding hydrogens is 284 g/mol. The van der Waals surface area contributed by atoms with Crippen molar-refractivity contribution in [2.45, 2.75) is 13.1 Å². The summed E-state index contributed by atoms with van der Waals surface area (Å²) in [5.74, 6) is 1.00. The molecule has 0 saturated carbocycles. The first-order valence-corrected chi connectivity index (χ1v) is 6.74. The third kappa shape index (κ3) is 2.22. The van der Waals surface area contributed by atoms with Gasteiger partial charge in [0.1, 0.15) is 22.8 Å². The van der Waals surface area contributed by atoms with Crippen LogP contribution in [-0.2, 0) is 6.54 Å². The van der Waals surface area contributed by atoms with Gasteiger partial charge in [-0.15, -0.1) is 11.3 Å². The van der Waals surface area contributed by atoms with E-state index in [9.17, 15) is 8.78 Å². The van der Waals surface area contributed by atoms with E-state index < -0.39 is 6.55 Å². The van der Waals surface area contributed by atoms with Crippen LogP contribution in [0.1, 0.15) is 12.4 Å². The van der Waals surface area contributed by atoms with E-state index in [1.807, 2.05) is 11.4 Å². The second kappa shape index (κ2) is 5.12. The highest BCUT2D eigenvalue weighted by molar-refractivity contribution is 7.16. The molecule has 0 aliphatic carbocycles. The number of alkyl halides is 2. The van der Waals surface area contributed by atoms with Gasteiger partial charge in [-0.1, -0.05) is 0 Å². The van der Waals surface area contributed by atoms with Crippen molar-refractivity contribution in [3.8, 4) is 0 Å². The predicted octanol–water partition coefficient (Wildman–Crippen LogP) is 2.92. The van der Waals surface area contributed by atoms with Crippen LogP contribution in [0, 0.1) is 0 Å². The Labute approximate surface area is 117 Å². The minimum atomic E-state index is -2.59. The average molecular weight is 295 g/mol. The number of fused-ring (bicyclic) bond motifs is 1. The molecule has 8 heteroatoms. The fourth-order valence-electron chi connectivity index (χ4n) is 2.01. The Balaban J connectivity index is 1.91. The SMILES string of the molecule is CN(Cc1nccn1C(F)F)c1ncnc2sccc12. The Kier molecular flexibility index (Phi) is 3.31. The van der Waals surface area contributed by atoms with Crippen LogP contribution >= 0.6 is 11.3 Å². The number of hydrogen-bond acceptors (Lipinski definition) is 5. The second-order valence-electron chi connectivity index (χ2n) is 4.22. The summed E-state index contributed by atoms with van der Waals surface area (Å²) in [6, 6.07) is 1.92. The monoisotopic (exact) mass is 295 g/mol. The predicted molar refractivity (Wildman–Crippen MR) is 73.0 cm³/mol. The normalized spacial score (nSPS) is 11.4. The molecule has 3 rings (SSSR count). The first-order chi connectivity index (χ1) is 9.66. The quantitative estimate of drug-likeness (QED) is 0.742. The van der Waals surface area contributed by atoms with E-state index in [-0.39, 0.29) is 6.54 Å². The highest BCUT2D eigenvalue weighted by atomic mass is 32.1. The van der Waals surface area contributed by atoms with Gasteiger partial charge in [-0.2, -0.15) is 8.78 Å². The maximum Gasteiger partial charge on any atom is 0.319 e. The lowest BCUT2D eigenvalue weighted by Gasteiger charge is -2.18. The van der Waals surface area contributed by atoms with Gasteiger partial charge in [-0.3, -0.25) is 4.57 Å². The average Bonchev–Trinajstić information content (AvgIpc) is 3.05. The Hall–Kier alpha value is -2.09. The Morgan fingerprint density at radius 2 is 2.20 bits per heavy atom. The summed E-state index contributed by atoms with van der Waals surface area (Å²) in [7, 11) is 1.80. The summed E-state index contributed by atoms with van der Waals surface area (Å²) in [4.78, 5) is 15.0. The van der Waals surface area contributed by atoms with Gasteiger partial charge in [0.2, 0.25) is 0 Å². The molecule has 0 N–H and O–H groups in total. The van der Waals surface area contributed by atoms with Crippen molar-refractivity contribution in [2.75, 3.05) is 11.9 Å². The maximum absolute atomic E-state index is 12.8. The van der Waals surface area contributed by atoms with Crippen LogP contribution in [0.4, 0.5) is 14.6 Å². The van der Waals surface area contributed by atoms with E-state index in [1.165, 1.54) is 30.1 Å². The van der Waals surface area contributed by atoms with Gasteiger partial charge in [0, 0.05) is 19.4 Å². The molecule has 0 spiro atoms. The number of rotatable bonds is 4. The van der Waals surface area contributed by atoms with E-state index in [0.29, 0.717) is 11.6 Å². The Morgan fingerprint density at radius 3 is 3.00 bits per heavy atom. The molecule has 3 aromatic heterocycles. The third-order valence-electron chi connectivity index (χ3n) is 2.94. The van der Waals surface area contributed by atoms with Gasteiger partial charge in [-0.25, -0.2) is 15.0 Å². The lowest BCUT2D eigenvalue weighted by Crippen LogP contribution is -2.21. The molecule has 0 amide bonds. The summed E-state index contributed by atoms with van der Waals surface area (Å²) in [5, 5.41) is 2.84. The van der Waals surface area contributed by atoms with E-state index >= 15 is 0 Å². The van der Waals surface area contributed by atoms with Gasteiger partial charge in [-0.05, 0) is 11.4 Å². The second-order valence-corrected chi connectivity index (χ2v) is 5.12. The number of aromatic nitrogens is 4. The summed E-state index contributed by atoms with van der Waals surface area (Å²) in [6.45, 7) is -2.34. The molecule has 0 aromatic carbocycles. The zero-order valence-electron chi connectivity index (χ0n) is 10.6. The molecule has 0 bridgehead atoms. The van der Waals surface area contributed by atoms with E-state index in [1.54, 1.807) is 11.9 Å². The van der Waals surface area contributed by atoms with E-state index in [0.717, 1.165) is 14.8 Å². The first-order valence-electron chi connectivity index (χ1n) is 5.86. The summed E-state index contributed by atoms with van der Waals surface area (Å²) >= 11 is 1.52. The minimum Gasteiger partial charge on any atom is -0.352 e. The molecule has 104 valence electrons. The maximum atomic E-state index is 12.8. The van der Waals surface area contributed by atoms with Crippen molar-refractivity contribution in [3.05, 3.63) is 36.0 Å². The summed E-state index contributed by atoms with van der Waals surface area (Å²) in [6.07, 6.45) is 4.12. The molecule has 0 aliphatic heterocycles. The Bertz CT molecular complexity index is 723. The molecule has 3 aromatic rings. The van der Waals surface area contributed by atoms with Gasteiger partial charge >= 0.3 is 6.55 Å². The van der Waals surface area contributed by atoms with Crippen LogP contribution in [0.3, 0.4) is 0 Å². The van der Waals surface area contributed by atoms with Crippen LogP contribution < -0.4 is 4.90 Å². The summed E-state index contributed by atoms with van der Waals surface area (Å²) in [5.41, 5.74) is 0. The molecule has 0 aliphatic rings. The van der Waals surface area contributed by atoms with Crippen molar-refractivity contribution < 1.29 is 8.78 Å². The fourth-order valence-corrected chi connectivity index (χ4v) is 2.74. The fraction of sp³-hybridized carbons (Fsp3) is 0.250. The van der Waals surface area contributed by atoms with Crippen molar-refractivity contribution in [1.29, 1.82) is 0 Å². The minimum absolute atomic E-state index is 0.249. The van der Waals surface area contributed by atoms with Crippen LogP contribution in [0.5, 0.6) is 0 Å². The van der Waals surface area contributed by atoms with Gasteiger partial charge in [0.05, 0.1) is 11.9 Å². The zero-order valence-corrected chi connectivity index (χ0v) is 11.4. The molecule has 0 radical (unpaired) electrons. The van der Waals surface area contributed by atoms with E-state index in [4.69, 9.17) is 0 Å². The topological polar surface area (TPSA) is 46.8 Å². The Morgan fingerprint density at radius 1 is 1.35 bits per heavy atom. The van der Waals surface area contributed by atoms with Crippen LogP contribution in [-0.4, -0.2) is 26.6 Å². The molecular formula is C12H11F2N5S. The van der Waals surface area contributed by atoms with Crippen molar-refractivity contribution in [2.24, 2.45) is 0 Å². The number of thiophene rings is 1. The lowest BCUT2D eigenvalue weighted by molar-refractivity contribution is 0.0670. The zero-order chi connectivity index (χ0) is 14.1. The molecule has 20 heavy (non-hydrogen) atoms. The standard InChI is InChI=1S/C12H11F2N5S/c1-18(6-9-15-3-4-19(9)12(13)14)10-8-2-5-20-11(8)17-7-16-10/h2-5,7,12H,6H2,1H3. The number of imidazole rings is 1. The highest BCUT2D eigenvalue weighted by Crippen LogP contribution is 2.27. The van der Waals surface area contributed by atoms with Crippen LogP contribution in [0.15, 0.2) is 30.2 Å². The van der Waals surface area contributed by atoms with Gasteiger partial charge < -0.3 is 4.90 Å². The van der Waals surface area contributed by atoms with Crippen molar-refractivity contribution >= 4 is 27.4 Å². The van der Waals surface area contributed by atoms with Crippen LogP contribution in [0.2, 0.25) is 0 Å². The number of halogens is 2. The van der Waals surface area contributed by atoms with Gasteiger partial charge in [0.15, 0.2) is 0 Å². The lowest BCUT2D eigenvalue weighted by atomic mass is 10.3. The molecule has 5 nitrogen and oxygen atoms in total. The molecule has 3 heterocycles. The number of anilines is 1. The highest BCUT2D eigenvalue weighted by Gasteiger charge is 2.15.